The number of carboxylic acids is 2. The summed E-state index contributed by atoms with van der Waals surface area (Å²) in [5, 5.41) is 21.5. The van der Waals surface area contributed by atoms with Crippen LogP contribution in [0.2, 0.25) is 0 Å². The van der Waals surface area contributed by atoms with Gasteiger partial charge in [0, 0.05) is 0 Å². The number of hydrogen-bond donors (Lipinski definition) is 3. The highest BCUT2D eigenvalue weighted by Gasteiger charge is 2.01. The standard InChI is InChI=1S/C15H12N2O4/c18-14(19)11-3-1-10(2-4-11)9-16-17-13-7-5-12(6-8-13)15(20)21/h1-9,17H,(H,18,19)(H,20,21)/b16-9+. The largest absolute Gasteiger partial charge is 0.478 e. The van der Waals surface area contributed by atoms with Crippen LogP contribution in [0, 0.1) is 0 Å². The summed E-state index contributed by atoms with van der Waals surface area (Å²) < 4.78 is 0. The maximum absolute atomic E-state index is 10.7. The molecule has 106 valence electrons. The van der Waals surface area contributed by atoms with Gasteiger partial charge in [0.2, 0.25) is 0 Å². The van der Waals surface area contributed by atoms with E-state index in [4.69, 9.17) is 10.2 Å². The second kappa shape index (κ2) is 6.33. The van der Waals surface area contributed by atoms with Gasteiger partial charge in [-0.3, -0.25) is 5.43 Å². The van der Waals surface area contributed by atoms with E-state index in [9.17, 15) is 9.59 Å². The minimum Gasteiger partial charge on any atom is -0.478 e. The normalized spacial score (nSPS) is 10.5. The number of hydrogen-bond acceptors (Lipinski definition) is 4. The molecule has 0 spiro atoms. The third-order valence-corrected chi connectivity index (χ3v) is 2.70. The van der Waals surface area contributed by atoms with Crippen molar-refractivity contribution in [2.45, 2.75) is 0 Å². The van der Waals surface area contributed by atoms with Gasteiger partial charge in [-0.05, 0) is 42.0 Å². The van der Waals surface area contributed by atoms with Crippen molar-refractivity contribution in [1.82, 2.24) is 0 Å². The zero-order valence-corrected chi connectivity index (χ0v) is 10.9. The number of aromatic carboxylic acids is 2. The first-order valence-corrected chi connectivity index (χ1v) is 6.02. The van der Waals surface area contributed by atoms with Crippen LogP contribution in [0.4, 0.5) is 5.69 Å². The van der Waals surface area contributed by atoms with Crippen molar-refractivity contribution in [3.8, 4) is 0 Å². The lowest BCUT2D eigenvalue weighted by Gasteiger charge is -2.01. The number of nitrogens with one attached hydrogen (secondary N) is 1. The molecule has 0 unspecified atom stereocenters. The molecule has 21 heavy (non-hydrogen) atoms. The molecule has 0 amide bonds. The molecule has 0 saturated heterocycles. The first-order valence-electron chi connectivity index (χ1n) is 6.02. The number of carboxylic acid groups (broad SMARTS) is 2. The summed E-state index contributed by atoms with van der Waals surface area (Å²) in [6, 6.07) is 12.4. The molecule has 3 N–H and O–H groups in total. The van der Waals surface area contributed by atoms with Gasteiger partial charge >= 0.3 is 11.9 Å². The van der Waals surface area contributed by atoms with Crippen molar-refractivity contribution in [3.05, 3.63) is 65.2 Å². The lowest BCUT2D eigenvalue weighted by Crippen LogP contribution is -1.97. The summed E-state index contributed by atoms with van der Waals surface area (Å²) in [7, 11) is 0. The van der Waals surface area contributed by atoms with Crippen molar-refractivity contribution >= 4 is 23.8 Å². The van der Waals surface area contributed by atoms with E-state index in [1.54, 1.807) is 24.3 Å². The third-order valence-electron chi connectivity index (χ3n) is 2.70. The number of anilines is 1. The number of rotatable bonds is 5. The number of carbonyl (C=O) groups is 2. The van der Waals surface area contributed by atoms with Gasteiger partial charge in [0.05, 0.1) is 23.0 Å². The monoisotopic (exact) mass is 284 g/mol. The average molecular weight is 284 g/mol. The van der Waals surface area contributed by atoms with Crippen LogP contribution in [-0.4, -0.2) is 28.4 Å². The second-order valence-electron chi connectivity index (χ2n) is 4.18. The molecular formula is C15H12N2O4. The summed E-state index contributed by atoms with van der Waals surface area (Å²) in [6.07, 6.45) is 1.54. The molecule has 6 heteroatoms. The Morgan fingerprint density at radius 1 is 0.857 bits per heavy atom. The van der Waals surface area contributed by atoms with Crippen molar-refractivity contribution in [1.29, 1.82) is 0 Å². The lowest BCUT2D eigenvalue weighted by atomic mass is 10.1. The van der Waals surface area contributed by atoms with E-state index < -0.39 is 11.9 Å². The number of hydrazone groups is 1. The first-order chi connectivity index (χ1) is 10.1. The van der Waals surface area contributed by atoms with E-state index in [-0.39, 0.29) is 11.1 Å². The Morgan fingerprint density at radius 3 is 1.81 bits per heavy atom. The lowest BCUT2D eigenvalue weighted by molar-refractivity contribution is 0.0686. The number of benzene rings is 2. The number of nitrogens with zero attached hydrogens (tertiary/aromatic N) is 1. The quantitative estimate of drug-likeness (QED) is 0.578. The summed E-state index contributed by atoms with van der Waals surface area (Å²) in [5.74, 6) is -1.96. The predicted octanol–water partition coefficient (Wildman–Crippen LogP) is 2.53. The molecule has 6 nitrogen and oxygen atoms in total. The average Bonchev–Trinajstić information content (AvgIpc) is 2.48. The van der Waals surface area contributed by atoms with Gasteiger partial charge in [-0.25, -0.2) is 9.59 Å². The van der Waals surface area contributed by atoms with E-state index in [0.29, 0.717) is 5.69 Å². The van der Waals surface area contributed by atoms with Crippen molar-refractivity contribution < 1.29 is 19.8 Å². The molecule has 0 aromatic heterocycles. The van der Waals surface area contributed by atoms with Gasteiger partial charge in [-0.15, -0.1) is 0 Å². The first kappa shape index (κ1) is 14.3. The molecule has 0 saturated carbocycles. The van der Waals surface area contributed by atoms with Crippen LogP contribution in [-0.2, 0) is 0 Å². The summed E-state index contributed by atoms with van der Waals surface area (Å²) in [4.78, 5) is 21.4. The summed E-state index contributed by atoms with van der Waals surface area (Å²) >= 11 is 0. The fraction of sp³-hybridized carbons (Fsp3) is 0. The molecule has 0 fully saturated rings. The zero-order valence-electron chi connectivity index (χ0n) is 10.9. The molecule has 2 aromatic rings. The van der Waals surface area contributed by atoms with Crippen LogP contribution in [0.5, 0.6) is 0 Å². The van der Waals surface area contributed by atoms with Crippen LogP contribution in [0.1, 0.15) is 26.3 Å². The Kier molecular flexibility index (Phi) is 4.30. The van der Waals surface area contributed by atoms with Gasteiger partial charge in [0.25, 0.3) is 0 Å². The molecular weight excluding hydrogens is 272 g/mol. The Bertz CT molecular complexity index is 676. The van der Waals surface area contributed by atoms with E-state index >= 15 is 0 Å². The zero-order chi connectivity index (χ0) is 15.2. The Morgan fingerprint density at radius 2 is 1.33 bits per heavy atom. The van der Waals surface area contributed by atoms with Crippen LogP contribution in [0.25, 0.3) is 0 Å². The molecule has 0 aliphatic heterocycles. The van der Waals surface area contributed by atoms with Crippen LogP contribution < -0.4 is 5.43 Å². The maximum Gasteiger partial charge on any atom is 0.335 e. The summed E-state index contributed by atoms with van der Waals surface area (Å²) in [6.45, 7) is 0. The van der Waals surface area contributed by atoms with Gasteiger partial charge in [0.1, 0.15) is 0 Å². The highest BCUT2D eigenvalue weighted by molar-refractivity contribution is 5.89. The predicted molar refractivity (Wildman–Crippen MR) is 78.0 cm³/mol. The molecule has 0 aliphatic carbocycles. The molecule has 0 radical (unpaired) electrons. The van der Waals surface area contributed by atoms with E-state index in [1.807, 2.05) is 0 Å². The fourth-order valence-electron chi connectivity index (χ4n) is 1.58. The van der Waals surface area contributed by atoms with Crippen molar-refractivity contribution in [2.24, 2.45) is 5.10 Å². The maximum atomic E-state index is 10.7. The van der Waals surface area contributed by atoms with Crippen LogP contribution >= 0.6 is 0 Å². The van der Waals surface area contributed by atoms with Crippen LogP contribution in [0.15, 0.2) is 53.6 Å². The fourth-order valence-corrected chi connectivity index (χ4v) is 1.58. The summed E-state index contributed by atoms with van der Waals surface area (Å²) in [5.41, 5.74) is 4.57. The van der Waals surface area contributed by atoms with E-state index in [2.05, 4.69) is 10.5 Å². The SMILES string of the molecule is O=C(O)c1ccc(/C=N/Nc2ccc(C(=O)O)cc2)cc1. The Labute approximate surface area is 120 Å². The molecule has 0 heterocycles. The minimum atomic E-state index is -0.983. The molecule has 0 atom stereocenters. The Balaban J connectivity index is 1.98. The van der Waals surface area contributed by atoms with Gasteiger partial charge in [-0.1, -0.05) is 12.1 Å². The van der Waals surface area contributed by atoms with E-state index in [0.717, 1.165) is 5.56 Å². The van der Waals surface area contributed by atoms with E-state index in [1.165, 1.54) is 30.5 Å². The van der Waals surface area contributed by atoms with Crippen LogP contribution in [0.3, 0.4) is 0 Å². The second-order valence-corrected chi connectivity index (χ2v) is 4.18. The smallest absolute Gasteiger partial charge is 0.335 e. The molecule has 0 bridgehead atoms. The minimum absolute atomic E-state index is 0.203. The topological polar surface area (TPSA) is 99.0 Å². The highest BCUT2D eigenvalue weighted by Crippen LogP contribution is 2.09. The van der Waals surface area contributed by atoms with Crippen molar-refractivity contribution in [2.75, 3.05) is 5.43 Å². The van der Waals surface area contributed by atoms with Gasteiger partial charge in [-0.2, -0.15) is 5.10 Å². The molecule has 2 rings (SSSR count). The third kappa shape index (κ3) is 3.90. The highest BCUT2D eigenvalue weighted by atomic mass is 16.4. The molecule has 2 aromatic carbocycles. The molecule has 0 aliphatic rings. The van der Waals surface area contributed by atoms with Gasteiger partial charge in [0.15, 0.2) is 0 Å². The Hall–Kier alpha value is -3.15. The van der Waals surface area contributed by atoms with Gasteiger partial charge < -0.3 is 10.2 Å². The van der Waals surface area contributed by atoms with Crippen molar-refractivity contribution in [3.63, 3.8) is 0 Å².